The molecule has 0 saturated heterocycles. The molecule has 1 fully saturated rings. The quantitative estimate of drug-likeness (QED) is 0.427. The van der Waals surface area contributed by atoms with Gasteiger partial charge in [-0.2, -0.15) is 10.3 Å². The Labute approximate surface area is 193 Å². The van der Waals surface area contributed by atoms with Crippen molar-refractivity contribution in [2.24, 2.45) is 5.92 Å². The summed E-state index contributed by atoms with van der Waals surface area (Å²) in [4.78, 5) is 9.26. The molecule has 3 heterocycles. The van der Waals surface area contributed by atoms with Gasteiger partial charge in [-0.05, 0) is 34.7 Å². The number of pyridine rings is 1. The summed E-state index contributed by atoms with van der Waals surface area (Å²) in [6, 6.07) is 10.5. The molecule has 0 aliphatic heterocycles. The number of H-pyrrole nitrogens is 1. The second kappa shape index (κ2) is 10.0. The largest absolute Gasteiger partial charge is 0.264 e. The van der Waals surface area contributed by atoms with Crippen LogP contribution in [-0.2, 0) is 19.4 Å². The monoisotopic (exact) mass is 442 g/mol. The minimum Gasteiger partial charge on any atom is -0.264 e. The Morgan fingerprint density at radius 3 is 2.64 bits per heavy atom. The lowest BCUT2D eigenvalue weighted by Gasteiger charge is -2.19. The Bertz CT molecular complexity index is 1160. The van der Waals surface area contributed by atoms with E-state index in [9.17, 15) is 0 Å². The van der Waals surface area contributed by atoms with Crippen LogP contribution < -0.4 is 0 Å². The first-order valence-corrected chi connectivity index (χ1v) is 12.0. The van der Waals surface area contributed by atoms with Gasteiger partial charge >= 0.3 is 0 Å². The minimum absolute atomic E-state index is 0.564. The lowest BCUT2D eigenvalue weighted by molar-refractivity contribution is 0.351. The van der Waals surface area contributed by atoms with Crippen LogP contribution in [0.4, 0.5) is 0 Å². The number of aryl methyl sites for hydroxylation is 1. The van der Waals surface area contributed by atoms with E-state index >= 15 is 0 Å². The molecule has 0 amide bonds. The van der Waals surface area contributed by atoms with Gasteiger partial charge in [0.25, 0.3) is 0 Å². The second-order valence-electron chi connectivity index (χ2n) is 8.91. The van der Waals surface area contributed by atoms with Gasteiger partial charge in [0, 0.05) is 42.9 Å². The molecule has 4 aromatic rings. The smallest absolute Gasteiger partial charge is 0.205 e. The SMILES string of the molecule is CCCn1nc(CC2CCCCC2)nc1Cc1ccc(-c2cnccc2-c2nn[nH]n2)cc1. The molecule has 1 aliphatic rings. The highest BCUT2D eigenvalue weighted by molar-refractivity contribution is 5.79. The summed E-state index contributed by atoms with van der Waals surface area (Å²) in [6.07, 6.45) is 13.2. The van der Waals surface area contributed by atoms with Crippen LogP contribution in [0.15, 0.2) is 42.7 Å². The molecule has 8 heteroatoms. The van der Waals surface area contributed by atoms with Crippen LogP contribution in [0.3, 0.4) is 0 Å². The van der Waals surface area contributed by atoms with Crippen LogP contribution in [0.25, 0.3) is 22.5 Å². The van der Waals surface area contributed by atoms with Gasteiger partial charge in [-0.15, -0.1) is 10.2 Å². The maximum Gasteiger partial charge on any atom is 0.205 e. The normalized spacial score (nSPS) is 14.6. The van der Waals surface area contributed by atoms with E-state index in [2.05, 4.69) is 61.5 Å². The van der Waals surface area contributed by atoms with Gasteiger partial charge < -0.3 is 0 Å². The highest BCUT2D eigenvalue weighted by Crippen LogP contribution is 2.29. The Kier molecular flexibility index (Phi) is 6.51. The van der Waals surface area contributed by atoms with E-state index in [1.54, 1.807) is 6.20 Å². The lowest BCUT2D eigenvalue weighted by atomic mass is 9.87. The Hall–Kier alpha value is -3.42. The van der Waals surface area contributed by atoms with Crippen molar-refractivity contribution in [2.45, 2.75) is 64.8 Å². The fraction of sp³-hybridized carbons (Fsp3) is 0.440. The molecule has 0 radical (unpaired) electrons. The number of benzene rings is 1. The van der Waals surface area contributed by atoms with Crippen molar-refractivity contribution in [3.8, 4) is 22.5 Å². The van der Waals surface area contributed by atoms with Crippen molar-refractivity contribution >= 4 is 0 Å². The standard InChI is InChI=1S/C25H30N8/c1-2-14-33-24(27-23(30-33)15-18-6-4-3-5-7-18)16-19-8-10-20(11-9-19)22-17-26-13-12-21(22)25-28-31-32-29-25/h8-13,17-18H,2-7,14-16H2,1H3,(H,28,29,31,32). The fourth-order valence-electron chi connectivity index (χ4n) is 4.76. The number of aromatic nitrogens is 8. The topological polar surface area (TPSA) is 98.1 Å². The van der Waals surface area contributed by atoms with E-state index < -0.39 is 0 Å². The van der Waals surface area contributed by atoms with Crippen molar-refractivity contribution < 1.29 is 0 Å². The molecule has 3 aromatic heterocycles. The van der Waals surface area contributed by atoms with E-state index in [4.69, 9.17) is 10.1 Å². The summed E-state index contributed by atoms with van der Waals surface area (Å²) in [7, 11) is 0. The summed E-state index contributed by atoms with van der Waals surface area (Å²) in [5.41, 5.74) is 4.17. The van der Waals surface area contributed by atoms with Gasteiger partial charge in [0.05, 0.1) is 0 Å². The van der Waals surface area contributed by atoms with E-state index in [0.717, 1.165) is 60.1 Å². The van der Waals surface area contributed by atoms with Crippen LogP contribution in [0.2, 0.25) is 0 Å². The Morgan fingerprint density at radius 1 is 1.03 bits per heavy atom. The number of nitrogens with one attached hydrogen (secondary N) is 1. The summed E-state index contributed by atoms with van der Waals surface area (Å²) < 4.78 is 2.11. The van der Waals surface area contributed by atoms with Gasteiger partial charge in [0.1, 0.15) is 5.82 Å². The van der Waals surface area contributed by atoms with Crippen molar-refractivity contribution in [2.75, 3.05) is 0 Å². The minimum atomic E-state index is 0.564. The number of rotatable bonds is 8. The van der Waals surface area contributed by atoms with E-state index in [1.807, 2.05) is 12.3 Å². The molecule has 1 aromatic carbocycles. The van der Waals surface area contributed by atoms with Crippen LogP contribution in [-0.4, -0.2) is 40.4 Å². The van der Waals surface area contributed by atoms with Gasteiger partial charge in [-0.25, -0.2) is 9.67 Å². The molecule has 33 heavy (non-hydrogen) atoms. The van der Waals surface area contributed by atoms with Crippen LogP contribution in [0.1, 0.15) is 62.7 Å². The molecule has 0 atom stereocenters. The molecular formula is C25H30N8. The molecule has 8 nitrogen and oxygen atoms in total. The molecule has 0 unspecified atom stereocenters. The van der Waals surface area contributed by atoms with Crippen LogP contribution >= 0.6 is 0 Å². The zero-order valence-corrected chi connectivity index (χ0v) is 19.1. The summed E-state index contributed by atoms with van der Waals surface area (Å²) in [6.45, 7) is 3.10. The zero-order chi connectivity index (χ0) is 22.5. The summed E-state index contributed by atoms with van der Waals surface area (Å²) >= 11 is 0. The van der Waals surface area contributed by atoms with Crippen molar-refractivity contribution in [1.82, 2.24) is 40.4 Å². The molecule has 170 valence electrons. The summed E-state index contributed by atoms with van der Waals surface area (Å²) in [5, 5.41) is 19.3. The number of hydrogen-bond acceptors (Lipinski definition) is 6. The van der Waals surface area contributed by atoms with Gasteiger partial charge in [0.2, 0.25) is 5.82 Å². The molecule has 1 N–H and O–H groups in total. The van der Waals surface area contributed by atoms with Gasteiger partial charge in [-0.1, -0.05) is 63.3 Å². The molecule has 0 bridgehead atoms. The molecule has 1 aliphatic carbocycles. The number of hydrogen-bond donors (Lipinski definition) is 1. The predicted molar refractivity (Wildman–Crippen MR) is 126 cm³/mol. The summed E-state index contributed by atoms with van der Waals surface area (Å²) in [5.74, 6) is 3.39. The third-order valence-electron chi connectivity index (χ3n) is 6.46. The lowest BCUT2D eigenvalue weighted by Crippen LogP contribution is -2.10. The van der Waals surface area contributed by atoms with Gasteiger partial charge in [-0.3, -0.25) is 4.98 Å². The van der Waals surface area contributed by atoms with Crippen molar-refractivity contribution in [3.63, 3.8) is 0 Å². The Balaban J connectivity index is 1.34. The van der Waals surface area contributed by atoms with E-state index in [1.165, 1.54) is 37.7 Å². The number of nitrogens with zero attached hydrogens (tertiary/aromatic N) is 7. The maximum absolute atomic E-state index is 4.96. The molecule has 1 saturated carbocycles. The first kappa shape index (κ1) is 21.4. The Morgan fingerprint density at radius 2 is 1.88 bits per heavy atom. The maximum atomic E-state index is 4.96. The van der Waals surface area contributed by atoms with Crippen LogP contribution in [0, 0.1) is 5.92 Å². The van der Waals surface area contributed by atoms with Crippen molar-refractivity contribution in [3.05, 3.63) is 59.9 Å². The molecule has 0 spiro atoms. The predicted octanol–water partition coefficient (Wildman–Crippen LogP) is 4.64. The molecule has 5 rings (SSSR count). The second-order valence-corrected chi connectivity index (χ2v) is 8.91. The fourth-order valence-corrected chi connectivity index (χ4v) is 4.76. The third kappa shape index (κ3) is 4.99. The first-order valence-electron chi connectivity index (χ1n) is 12.0. The van der Waals surface area contributed by atoms with Crippen molar-refractivity contribution in [1.29, 1.82) is 0 Å². The molecular weight excluding hydrogens is 412 g/mol. The van der Waals surface area contributed by atoms with Gasteiger partial charge in [0.15, 0.2) is 5.82 Å². The van der Waals surface area contributed by atoms with E-state index in [-0.39, 0.29) is 0 Å². The highest BCUT2D eigenvalue weighted by Gasteiger charge is 2.18. The zero-order valence-electron chi connectivity index (χ0n) is 19.1. The van der Waals surface area contributed by atoms with E-state index in [0.29, 0.717) is 5.82 Å². The number of tetrazole rings is 1. The highest BCUT2D eigenvalue weighted by atomic mass is 15.5. The average Bonchev–Trinajstić information content (AvgIpc) is 3.51. The average molecular weight is 443 g/mol. The third-order valence-corrected chi connectivity index (χ3v) is 6.46. The first-order chi connectivity index (χ1) is 16.3. The number of aromatic amines is 1. The van der Waals surface area contributed by atoms with Crippen LogP contribution in [0.5, 0.6) is 0 Å².